The molecule has 1 aliphatic carbocycles. The van der Waals surface area contributed by atoms with Crippen LogP contribution in [0, 0.1) is 0 Å². The lowest BCUT2D eigenvalue weighted by Gasteiger charge is -2.17. The number of Topliss-reactive ketones (excluding diaryl/α,β-unsaturated/α-hetero) is 2. The molecule has 0 unspecified atom stereocenters. The maximum Gasteiger partial charge on any atom is 0.198 e. The minimum Gasteiger partial charge on any atom is -0.350 e. The van der Waals surface area contributed by atoms with Crippen LogP contribution in [-0.4, -0.2) is 23.0 Å². The molecule has 98 valence electrons. The molecule has 0 aromatic heterocycles. The van der Waals surface area contributed by atoms with Crippen molar-refractivity contribution in [2.45, 2.75) is 0 Å². The van der Waals surface area contributed by atoms with Crippen LogP contribution in [0.15, 0.2) is 72.6 Å². The monoisotopic (exact) mass is 263 g/mol. The van der Waals surface area contributed by atoms with Crippen molar-refractivity contribution in [2.24, 2.45) is 0 Å². The molecule has 0 fully saturated rings. The van der Waals surface area contributed by atoms with Crippen LogP contribution in [0.1, 0.15) is 20.7 Å². The highest BCUT2D eigenvalue weighted by Crippen LogP contribution is 2.30. The quantitative estimate of drug-likeness (QED) is 0.468. The minimum atomic E-state index is -0.188. The number of carbonyl (C=O) groups excluding carboxylic acids is 2. The van der Waals surface area contributed by atoms with E-state index in [0.29, 0.717) is 23.2 Å². The van der Waals surface area contributed by atoms with Crippen LogP contribution >= 0.6 is 0 Å². The number of nitrogens with zero attached hydrogens (tertiary/aromatic N) is 1. The van der Waals surface area contributed by atoms with Gasteiger partial charge >= 0.3 is 0 Å². The van der Waals surface area contributed by atoms with Crippen molar-refractivity contribution >= 4 is 11.6 Å². The van der Waals surface area contributed by atoms with Gasteiger partial charge in [-0.05, 0) is 17.7 Å². The van der Waals surface area contributed by atoms with E-state index in [0.717, 1.165) is 0 Å². The van der Waals surface area contributed by atoms with Crippen molar-refractivity contribution in [1.29, 1.82) is 0 Å². The highest BCUT2D eigenvalue weighted by Gasteiger charge is 2.34. The third-order valence-electron chi connectivity index (χ3n) is 3.39. The lowest BCUT2D eigenvalue weighted by atomic mass is 10.0. The standard InChI is InChI=1S/C17H13NO2/c1-2-9-18-10-7-12(8-11-18)15-16(19)13-5-3-4-6-14(13)17(15)20/h2-8,10-11H,1,9H2. The van der Waals surface area contributed by atoms with Crippen molar-refractivity contribution in [3.05, 3.63) is 83.7 Å². The van der Waals surface area contributed by atoms with Crippen LogP contribution in [0.4, 0.5) is 0 Å². The zero-order valence-corrected chi connectivity index (χ0v) is 10.9. The highest BCUT2D eigenvalue weighted by atomic mass is 16.2. The summed E-state index contributed by atoms with van der Waals surface area (Å²) in [7, 11) is 0. The molecular formula is C17H13NO2. The summed E-state index contributed by atoms with van der Waals surface area (Å²) in [6.45, 7) is 4.36. The number of hydrogen-bond acceptors (Lipinski definition) is 3. The van der Waals surface area contributed by atoms with Gasteiger partial charge in [0, 0.05) is 30.1 Å². The first kappa shape index (κ1) is 12.4. The van der Waals surface area contributed by atoms with Gasteiger partial charge in [-0.25, -0.2) is 0 Å². The maximum absolute atomic E-state index is 12.3. The fraction of sp³-hybridized carbons (Fsp3) is 0.0588. The molecule has 1 aromatic carbocycles. The van der Waals surface area contributed by atoms with Crippen LogP contribution in [0.5, 0.6) is 0 Å². The third-order valence-corrected chi connectivity index (χ3v) is 3.39. The number of benzene rings is 1. The topological polar surface area (TPSA) is 37.4 Å². The molecule has 0 atom stereocenters. The number of ketones is 2. The number of allylic oxidation sites excluding steroid dienone is 4. The Labute approximate surface area is 117 Å². The van der Waals surface area contributed by atoms with Gasteiger partial charge in [-0.1, -0.05) is 30.3 Å². The van der Waals surface area contributed by atoms with E-state index in [1.807, 2.05) is 17.3 Å². The predicted molar refractivity (Wildman–Crippen MR) is 77.3 cm³/mol. The van der Waals surface area contributed by atoms with Crippen molar-refractivity contribution in [3.63, 3.8) is 0 Å². The van der Waals surface area contributed by atoms with Gasteiger partial charge in [0.15, 0.2) is 11.6 Å². The summed E-state index contributed by atoms with van der Waals surface area (Å²) in [6, 6.07) is 6.94. The smallest absolute Gasteiger partial charge is 0.198 e. The summed E-state index contributed by atoms with van der Waals surface area (Å²) in [6.07, 6.45) is 9.05. The zero-order chi connectivity index (χ0) is 14.1. The van der Waals surface area contributed by atoms with Crippen LogP contribution in [-0.2, 0) is 0 Å². The fourth-order valence-corrected chi connectivity index (χ4v) is 2.41. The third kappa shape index (κ3) is 1.84. The molecule has 0 saturated heterocycles. The summed E-state index contributed by atoms with van der Waals surface area (Å²) in [4.78, 5) is 26.6. The van der Waals surface area contributed by atoms with E-state index in [1.54, 1.807) is 42.5 Å². The van der Waals surface area contributed by atoms with Gasteiger partial charge in [-0.3, -0.25) is 9.59 Å². The molecule has 0 N–H and O–H groups in total. The van der Waals surface area contributed by atoms with Crippen LogP contribution in [0.3, 0.4) is 0 Å². The van der Waals surface area contributed by atoms with Crippen molar-refractivity contribution < 1.29 is 9.59 Å². The molecule has 1 heterocycles. The largest absolute Gasteiger partial charge is 0.350 e. The first-order valence-electron chi connectivity index (χ1n) is 6.38. The van der Waals surface area contributed by atoms with Crippen LogP contribution < -0.4 is 0 Å². The van der Waals surface area contributed by atoms with E-state index in [4.69, 9.17) is 0 Å². The number of rotatable bonds is 2. The average Bonchev–Trinajstić information content (AvgIpc) is 2.73. The van der Waals surface area contributed by atoms with Gasteiger partial charge in [0.25, 0.3) is 0 Å². The van der Waals surface area contributed by atoms with Gasteiger partial charge in [-0.2, -0.15) is 0 Å². The first-order valence-corrected chi connectivity index (χ1v) is 6.38. The number of fused-ring (bicyclic) bond motifs is 1. The van der Waals surface area contributed by atoms with Gasteiger partial charge < -0.3 is 4.90 Å². The Morgan fingerprint density at radius 1 is 1.00 bits per heavy atom. The molecule has 20 heavy (non-hydrogen) atoms. The van der Waals surface area contributed by atoms with Crippen LogP contribution in [0.25, 0.3) is 0 Å². The van der Waals surface area contributed by atoms with E-state index in [2.05, 4.69) is 6.58 Å². The van der Waals surface area contributed by atoms with Gasteiger partial charge in [0.05, 0.1) is 5.57 Å². The second-order valence-corrected chi connectivity index (χ2v) is 4.65. The Kier molecular flexibility index (Phi) is 2.95. The molecule has 3 heteroatoms. The van der Waals surface area contributed by atoms with Crippen molar-refractivity contribution in [1.82, 2.24) is 4.90 Å². The maximum atomic E-state index is 12.3. The normalized spacial score (nSPS) is 16.9. The Morgan fingerprint density at radius 3 is 2.05 bits per heavy atom. The Balaban J connectivity index is 2.02. The number of carbonyl (C=O) groups is 2. The van der Waals surface area contributed by atoms with E-state index < -0.39 is 0 Å². The van der Waals surface area contributed by atoms with Gasteiger partial charge in [-0.15, -0.1) is 6.58 Å². The lowest BCUT2D eigenvalue weighted by Crippen LogP contribution is -2.13. The Morgan fingerprint density at radius 2 is 1.55 bits per heavy atom. The van der Waals surface area contributed by atoms with Gasteiger partial charge in [0.2, 0.25) is 0 Å². The number of hydrogen-bond donors (Lipinski definition) is 0. The van der Waals surface area contributed by atoms with Crippen molar-refractivity contribution in [2.75, 3.05) is 6.54 Å². The first-order chi connectivity index (χ1) is 9.72. The van der Waals surface area contributed by atoms with Crippen molar-refractivity contribution in [3.8, 4) is 0 Å². The molecule has 2 aliphatic rings. The lowest BCUT2D eigenvalue weighted by molar-refractivity contribution is 0.0988. The molecule has 3 rings (SSSR count). The SMILES string of the molecule is C=CCN1C=CC(=C2C(=O)c3ccccc3C2=O)C=C1. The second-order valence-electron chi connectivity index (χ2n) is 4.65. The predicted octanol–water partition coefficient (Wildman–Crippen LogP) is 2.89. The molecule has 1 aliphatic heterocycles. The summed E-state index contributed by atoms with van der Waals surface area (Å²) in [5, 5.41) is 0. The van der Waals surface area contributed by atoms with E-state index in [1.165, 1.54) is 0 Å². The molecule has 0 radical (unpaired) electrons. The highest BCUT2D eigenvalue weighted by molar-refractivity contribution is 6.40. The van der Waals surface area contributed by atoms with E-state index in [-0.39, 0.29) is 17.1 Å². The fourth-order valence-electron chi connectivity index (χ4n) is 2.41. The second kappa shape index (κ2) is 4.78. The van der Waals surface area contributed by atoms with Gasteiger partial charge in [0.1, 0.15) is 0 Å². The molecule has 3 nitrogen and oxygen atoms in total. The average molecular weight is 263 g/mol. The zero-order valence-electron chi connectivity index (χ0n) is 10.9. The summed E-state index contributed by atoms with van der Waals surface area (Å²) >= 11 is 0. The van der Waals surface area contributed by atoms with Crippen LogP contribution in [0.2, 0.25) is 0 Å². The molecular weight excluding hydrogens is 250 g/mol. The minimum absolute atomic E-state index is 0.188. The molecule has 0 amide bonds. The molecule has 0 bridgehead atoms. The summed E-state index contributed by atoms with van der Waals surface area (Å²) in [5.74, 6) is -0.376. The molecule has 0 spiro atoms. The van der Waals surface area contributed by atoms with E-state index in [9.17, 15) is 9.59 Å². The Hall–Kier alpha value is -2.68. The Bertz CT molecular complexity index is 654. The summed E-state index contributed by atoms with van der Waals surface area (Å²) in [5.41, 5.74) is 1.92. The van der Waals surface area contributed by atoms with E-state index >= 15 is 0 Å². The molecule has 0 saturated carbocycles. The molecule has 1 aromatic rings. The summed E-state index contributed by atoms with van der Waals surface area (Å²) < 4.78 is 0.